The highest BCUT2D eigenvalue weighted by Gasteiger charge is 2.15. The Balaban J connectivity index is 2.58. The Kier molecular flexibility index (Phi) is 6.06. The summed E-state index contributed by atoms with van der Waals surface area (Å²) in [7, 11) is 0. The summed E-state index contributed by atoms with van der Waals surface area (Å²) in [6.07, 6.45) is 2.36. The van der Waals surface area contributed by atoms with E-state index in [1.54, 1.807) is 0 Å². The maximum atomic E-state index is 3.59. The van der Waals surface area contributed by atoms with E-state index in [0.717, 1.165) is 13.0 Å². The third-order valence-corrected chi connectivity index (χ3v) is 3.95. The third kappa shape index (κ3) is 5.36. The van der Waals surface area contributed by atoms with Gasteiger partial charge in [-0.25, -0.2) is 0 Å². The summed E-state index contributed by atoms with van der Waals surface area (Å²) in [5.74, 6) is 0.673. The summed E-state index contributed by atoms with van der Waals surface area (Å²) >= 11 is 0. The lowest BCUT2D eigenvalue weighted by molar-refractivity contribution is 0.399. The summed E-state index contributed by atoms with van der Waals surface area (Å²) in [6, 6.07) is 9.74. The van der Waals surface area contributed by atoms with Crippen LogP contribution in [0.2, 0.25) is 0 Å². The third-order valence-electron chi connectivity index (χ3n) is 3.95. The van der Waals surface area contributed by atoms with Gasteiger partial charge in [0.1, 0.15) is 0 Å². The van der Waals surface area contributed by atoms with Crippen LogP contribution in [0.3, 0.4) is 0 Å². The molecule has 2 atom stereocenters. The number of hydrogen-bond donors (Lipinski definition) is 1. The summed E-state index contributed by atoms with van der Waals surface area (Å²) in [5.41, 5.74) is 3.12. The molecule has 0 aliphatic carbocycles. The molecule has 0 heterocycles. The van der Waals surface area contributed by atoms with Crippen LogP contribution >= 0.6 is 0 Å². The van der Waals surface area contributed by atoms with Crippen molar-refractivity contribution >= 4 is 0 Å². The fraction of sp³-hybridized carbons (Fsp3) is 0.667. The van der Waals surface area contributed by atoms with Crippen LogP contribution in [0.25, 0.3) is 0 Å². The zero-order chi connectivity index (χ0) is 14.5. The predicted molar refractivity (Wildman–Crippen MR) is 85.8 cm³/mol. The Labute approximate surface area is 119 Å². The molecule has 1 rings (SSSR count). The first kappa shape index (κ1) is 16.2. The minimum atomic E-state index is 0.250. The molecule has 0 aliphatic rings. The predicted octanol–water partition coefficient (Wildman–Crippen LogP) is 4.55. The molecule has 1 aromatic carbocycles. The molecule has 0 spiro atoms. The van der Waals surface area contributed by atoms with Crippen LogP contribution in [0.5, 0.6) is 0 Å². The molecule has 1 heteroatoms. The Morgan fingerprint density at radius 1 is 1.05 bits per heavy atom. The van der Waals surface area contributed by atoms with E-state index in [9.17, 15) is 0 Å². The molecule has 19 heavy (non-hydrogen) atoms. The minimum Gasteiger partial charge on any atom is -0.314 e. The highest BCUT2D eigenvalue weighted by atomic mass is 14.9. The molecule has 1 aromatic rings. The van der Waals surface area contributed by atoms with Crippen molar-refractivity contribution in [3.8, 4) is 0 Å². The normalized spacial score (nSPS) is 15.3. The second-order valence-electron chi connectivity index (χ2n) is 6.87. The summed E-state index contributed by atoms with van der Waals surface area (Å²) in [5, 5.41) is 3.59. The van der Waals surface area contributed by atoms with Crippen molar-refractivity contribution in [2.45, 2.75) is 65.8 Å². The molecule has 0 saturated carbocycles. The van der Waals surface area contributed by atoms with Crippen LogP contribution in [-0.2, 0) is 11.8 Å². The van der Waals surface area contributed by atoms with Crippen LogP contribution < -0.4 is 5.32 Å². The molecule has 1 nitrogen and oxygen atoms in total. The zero-order valence-corrected chi connectivity index (χ0v) is 13.6. The zero-order valence-electron chi connectivity index (χ0n) is 13.6. The standard InChI is InChI=1S/C18H31N/c1-7-12-19-15(3)14(2)13-16-8-10-17(11-9-16)18(4,5)6/h8-11,14-15,19H,7,12-13H2,1-6H3. The van der Waals surface area contributed by atoms with Crippen LogP contribution in [0, 0.1) is 5.92 Å². The SMILES string of the molecule is CCCNC(C)C(C)Cc1ccc(C(C)(C)C)cc1. The van der Waals surface area contributed by atoms with Crippen molar-refractivity contribution in [3.63, 3.8) is 0 Å². The molecule has 0 aliphatic heterocycles. The largest absolute Gasteiger partial charge is 0.314 e. The Morgan fingerprint density at radius 3 is 2.11 bits per heavy atom. The Morgan fingerprint density at radius 2 is 1.63 bits per heavy atom. The second-order valence-corrected chi connectivity index (χ2v) is 6.87. The van der Waals surface area contributed by atoms with E-state index >= 15 is 0 Å². The van der Waals surface area contributed by atoms with Crippen LogP contribution in [0.15, 0.2) is 24.3 Å². The van der Waals surface area contributed by atoms with E-state index < -0.39 is 0 Å². The summed E-state index contributed by atoms with van der Waals surface area (Å²) in [4.78, 5) is 0. The van der Waals surface area contributed by atoms with Crippen molar-refractivity contribution in [2.75, 3.05) is 6.54 Å². The van der Waals surface area contributed by atoms with Crippen molar-refractivity contribution in [1.29, 1.82) is 0 Å². The van der Waals surface area contributed by atoms with E-state index in [1.807, 2.05) is 0 Å². The molecule has 0 bridgehead atoms. The number of nitrogens with one attached hydrogen (secondary N) is 1. The lowest BCUT2D eigenvalue weighted by Crippen LogP contribution is -2.33. The van der Waals surface area contributed by atoms with Crippen LogP contribution in [-0.4, -0.2) is 12.6 Å². The van der Waals surface area contributed by atoms with Gasteiger partial charge < -0.3 is 5.32 Å². The Hall–Kier alpha value is -0.820. The summed E-state index contributed by atoms with van der Waals surface area (Å²) in [6.45, 7) is 14.8. The van der Waals surface area contributed by atoms with Crippen LogP contribution in [0.1, 0.15) is 59.1 Å². The van der Waals surface area contributed by atoms with Gasteiger partial charge in [-0.3, -0.25) is 0 Å². The van der Waals surface area contributed by atoms with Gasteiger partial charge in [0, 0.05) is 6.04 Å². The molecular formula is C18H31N. The van der Waals surface area contributed by atoms with E-state index in [-0.39, 0.29) is 5.41 Å². The molecule has 0 saturated heterocycles. The molecule has 0 fully saturated rings. The number of hydrogen-bond acceptors (Lipinski definition) is 1. The quantitative estimate of drug-likeness (QED) is 0.792. The minimum absolute atomic E-state index is 0.250. The van der Waals surface area contributed by atoms with Gasteiger partial charge in [-0.05, 0) is 48.8 Å². The highest BCUT2D eigenvalue weighted by molar-refractivity contribution is 5.27. The van der Waals surface area contributed by atoms with Crippen molar-refractivity contribution in [3.05, 3.63) is 35.4 Å². The van der Waals surface area contributed by atoms with Gasteiger partial charge in [0.2, 0.25) is 0 Å². The Bertz CT molecular complexity index is 358. The maximum Gasteiger partial charge on any atom is 0.00675 e. The van der Waals surface area contributed by atoms with Gasteiger partial charge in [0.05, 0.1) is 0 Å². The first-order valence-electron chi connectivity index (χ1n) is 7.67. The molecule has 0 amide bonds. The van der Waals surface area contributed by atoms with E-state index in [0.29, 0.717) is 12.0 Å². The fourth-order valence-electron chi connectivity index (χ4n) is 2.26. The lowest BCUT2D eigenvalue weighted by Gasteiger charge is -2.22. The van der Waals surface area contributed by atoms with Gasteiger partial charge in [0.15, 0.2) is 0 Å². The molecule has 2 unspecified atom stereocenters. The molecule has 1 N–H and O–H groups in total. The average Bonchev–Trinajstić information content (AvgIpc) is 2.35. The molecular weight excluding hydrogens is 230 g/mol. The van der Waals surface area contributed by atoms with Crippen LogP contribution in [0.4, 0.5) is 0 Å². The maximum absolute atomic E-state index is 3.59. The smallest absolute Gasteiger partial charge is 0.00675 e. The number of benzene rings is 1. The van der Waals surface area contributed by atoms with E-state index in [4.69, 9.17) is 0 Å². The second kappa shape index (κ2) is 7.09. The van der Waals surface area contributed by atoms with Gasteiger partial charge in [0.25, 0.3) is 0 Å². The topological polar surface area (TPSA) is 12.0 Å². The van der Waals surface area contributed by atoms with Gasteiger partial charge in [-0.15, -0.1) is 0 Å². The first-order valence-corrected chi connectivity index (χ1v) is 7.67. The number of rotatable bonds is 6. The van der Waals surface area contributed by atoms with Crippen molar-refractivity contribution < 1.29 is 0 Å². The van der Waals surface area contributed by atoms with E-state index in [1.165, 1.54) is 17.5 Å². The first-order chi connectivity index (χ1) is 8.84. The van der Waals surface area contributed by atoms with Crippen molar-refractivity contribution in [2.24, 2.45) is 5.92 Å². The molecule has 0 aromatic heterocycles. The molecule has 108 valence electrons. The highest BCUT2D eigenvalue weighted by Crippen LogP contribution is 2.23. The average molecular weight is 261 g/mol. The monoisotopic (exact) mass is 261 g/mol. The van der Waals surface area contributed by atoms with Gasteiger partial charge in [-0.2, -0.15) is 0 Å². The lowest BCUT2D eigenvalue weighted by atomic mass is 9.85. The fourth-order valence-corrected chi connectivity index (χ4v) is 2.26. The molecule has 0 radical (unpaired) electrons. The van der Waals surface area contributed by atoms with Gasteiger partial charge >= 0.3 is 0 Å². The van der Waals surface area contributed by atoms with E-state index in [2.05, 4.69) is 71.1 Å². The summed E-state index contributed by atoms with van der Waals surface area (Å²) < 4.78 is 0. The van der Waals surface area contributed by atoms with Gasteiger partial charge in [-0.1, -0.05) is 58.9 Å². The van der Waals surface area contributed by atoms with Crippen molar-refractivity contribution in [1.82, 2.24) is 5.32 Å².